The molecule has 0 aliphatic rings. The zero-order valence-electron chi connectivity index (χ0n) is 17.9. The SMILES string of the molecule is CN(Cc1cnc2nc(N)nc(N)c2n1)c1ccc(C(=O)NC(CCC(=O)O)C(=O)O)cc1F. The van der Waals surface area contributed by atoms with Crippen molar-refractivity contribution < 1.29 is 29.0 Å². The number of aromatic nitrogens is 4. The van der Waals surface area contributed by atoms with Crippen LogP contribution in [-0.2, 0) is 16.1 Å². The monoisotopic (exact) mass is 472 g/mol. The second-order valence-electron chi connectivity index (χ2n) is 7.32. The van der Waals surface area contributed by atoms with E-state index >= 15 is 0 Å². The third-order valence-electron chi connectivity index (χ3n) is 4.77. The first-order chi connectivity index (χ1) is 16.0. The number of hydrogen-bond acceptors (Lipinski definition) is 10. The normalized spacial score (nSPS) is 11.7. The molecule has 0 aliphatic heterocycles. The second-order valence-corrected chi connectivity index (χ2v) is 7.32. The van der Waals surface area contributed by atoms with Crippen molar-refractivity contribution >= 4 is 46.5 Å². The van der Waals surface area contributed by atoms with Gasteiger partial charge in [-0.15, -0.1) is 0 Å². The molecule has 14 heteroatoms. The van der Waals surface area contributed by atoms with Crippen molar-refractivity contribution in [2.75, 3.05) is 23.4 Å². The third-order valence-corrected chi connectivity index (χ3v) is 4.77. The Hall–Kier alpha value is -4.62. The number of anilines is 3. The molecule has 0 radical (unpaired) electrons. The minimum absolute atomic E-state index is 0.0353. The first kappa shape index (κ1) is 24.0. The molecule has 1 unspecified atom stereocenters. The fraction of sp³-hybridized carbons (Fsp3) is 0.250. The quantitative estimate of drug-likeness (QED) is 0.286. The molecule has 2 heterocycles. The van der Waals surface area contributed by atoms with E-state index < -0.39 is 36.1 Å². The van der Waals surface area contributed by atoms with Gasteiger partial charge in [0.05, 0.1) is 24.1 Å². The number of hydrogen-bond donors (Lipinski definition) is 5. The highest BCUT2D eigenvalue weighted by Gasteiger charge is 2.22. The zero-order valence-corrected chi connectivity index (χ0v) is 17.9. The number of amides is 1. The smallest absolute Gasteiger partial charge is 0.326 e. The molecule has 0 fully saturated rings. The average molecular weight is 472 g/mol. The number of fused-ring (bicyclic) bond motifs is 1. The number of nitrogens with two attached hydrogens (primary N) is 2. The van der Waals surface area contributed by atoms with Crippen molar-refractivity contribution in [1.29, 1.82) is 0 Å². The van der Waals surface area contributed by atoms with Gasteiger partial charge in [0.2, 0.25) is 5.95 Å². The van der Waals surface area contributed by atoms with Gasteiger partial charge in [-0.25, -0.2) is 19.2 Å². The van der Waals surface area contributed by atoms with Crippen molar-refractivity contribution in [3.8, 4) is 0 Å². The Labute approximate surface area is 191 Å². The van der Waals surface area contributed by atoms with E-state index in [1.807, 2.05) is 0 Å². The third kappa shape index (κ3) is 5.59. The van der Waals surface area contributed by atoms with Crippen LogP contribution in [0.15, 0.2) is 24.4 Å². The number of nitrogen functional groups attached to an aromatic ring is 2. The average Bonchev–Trinajstić information content (AvgIpc) is 2.76. The van der Waals surface area contributed by atoms with Gasteiger partial charge in [-0.05, 0) is 24.6 Å². The van der Waals surface area contributed by atoms with Crippen LogP contribution in [0.2, 0.25) is 0 Å². The summed E-state index contributed by atoms with van der Waals surface area (Å²) in [5.74, 6) is -4.15. The molecule has 0 aliphatic carbocycles. The van der Waals surface area contributed by atoms with Gasteiger partial charge in [-0.3, -0.25) is 9.59 Å². The summed E-state index contributed by atoms with van der Waals surface area (Å²) in [5, 5.41) is 20.1. The Kier molecular flexibility index (Phi) is 6.99. The highest BCUT2D eigenvalue weighted by Crippen LogP contribution is 2.22. The Bertz CT molecular complexity index is 1270. The van der Waals surface area contributed by atoms with Crippen LogP contribution in [0, 0.1) is 5.82 Å². The van der Waals surface area contributed by atoms with E-state index in [2.05, 4.69) is 25.3 Å². The van der Waals surface area contributed by atoms with Gasteiger partial charge in [-0.2, -0.15) is 9.97 Å². The molecule has 1 aromatic carbocycles. The molecular formula is C20H21FN8O5. The van der Waals surface area contributed by atoms with Gasteiger partial charge in [0.1, 0.15) is 11.9 Å². The van der Waals surface area contributed by atoms with E-state index in [0.29, 0.717) is 5.69 Å². The van der Waals surface area contributed by atoms with Crippen molar-refractivity contribution in [3.05, 3.63) is 41.5 Å². The van der Waals surface area contributed by atoms with Gasteiger partial charge in [0, 0.05) is 19.0 Å². The van der Waals surface area contributed by atoms with E-state index in [1.165, 1.54) is 23.2 Å². The summed E-state index contributed by atoms with van der Waals surface area (Å²) in [6.45, 7) is 0.130. The van der Waals surface area contributed by atoms with E-state index in [0.717, 1.165) is 6.07 Å². The molecule has 1 amide bonds. The van der Waals surface area contributed by atoms with Crippen LogP contribution >= 0.6 is 0 Å². The van der Waals surface area contributed by atoms with Crippen LogP contribution in [0.1, 0.15) is 28.9 Å². The van der Waals surface area contributed by atoms with E-state index in [9.17, 15) is 18.8 Å². The number of nitrogens with zero attached hydrogens (tertiary/aromatic N) is 5. The first-order valence-corrected chi connectivity index (χ1v) is 9.86. The van der Waals surface area contributed by atoms with Gasteiger partial charge in [0.25, 0.3) is 5.91 Å². The number of benzene rings is 1. The minimum atomic E-state index is -1.42. The Balaban J connectivity index is 1.74. The molecule has 178 valence electrons. The topological polar surface area (TPSA) is 211 Å². The number of carboxylic acids is 2. The summed E-state index contributed by atoms with van der Waals surface area (Å²) >= 11 is 0. The predicted octanol–water partition coefficient (Wildman–Crippen LogP) is 0.408. The summed E-state index contributed by atoms with van der Waals surface area (Å²) in [4.78, 5) is 52.1. The standard InChI is InChI=1S/C20H21FN8O5/c1-29(8-10-7-24-17-15(25-10)16(22)27-20(23)28-17)13-4-2-9(6-11(13)21)18(32)26-12(19(33)34)3-5-14(30)31/h2,4,6-7,12H,3,5,8H2,1H3,(H,26,32)(H,30,31)(H,33,34)(H4,22,23,24,27,28). The summed E-state index contributed by atoms with van der Waals surface area (Å²) in [7, 11) is 1.60. The summed E-state index contributed by atoms with van der Waals surface area (Å²) in [5.41, 5.74) is 12.3. The predicted molar refractivity (Wildman–Crippen MR) is 118 cm³/mol. The van der Waals surface area contributed by atoms with E-state index in [1.54, 1.807) is 7.05 Å². The Morgan fingerprint density at radius 3 is 2.56 bits per heavy atom. The molecule has 0 bridgehead atoms. The molecule has 3 rings (SSSR count). The van der Waals surface area contributed by atoms with Crippen LogP contribution in [0.25, 0.3) is 11.2 Å². The molecule has 0 saturated heterocycles. The highest BCUT2D eigenvalue weighted by atomic mass is 19.1. The molecular weight excluding hydrogens is 451 g/mol. The summed E-state index contributed by atoms with van der Waals surface area (Å²) in [6.07, 6.45) is 0.681. The molecule has 1 atom stereocenters. The maximum atomic E-state index is 14.8. The lowest BCUT2D eigenvalue weighted by atomic mass is 10.1. The Morgan fingerprint density at radius 1 is 1.18 bits per heavy atom. The lowest BCUT2D eigenvalue weighted by Gasteiger charge is -2.20. The van der Waals surface area contributed by atoms with Crippen LogP contribution < -0.4 is 21.7 Å². The maximum absolute atomic E-state index is 14.8. The molecule has 3 aromatic rings. The maximum Gasteiger partial charge on any atom is 0.326 e. The zero-order chi connectivity index (χ0) is 25.0. The van der Waals surface area contributed by atoms with Crippen LogP contribution in [0.5, 0.6) is 0 Å². The molecule has 0 saturated carbocycles. The largest absolute Gasteiger partial charge is 0.481 e. The summed E-state index contributed by atoms with van der Waals surface area (Å²) in [6, 6.07) is 2.20. The van der Waals surface area contributed by atoms with Crippen molar-refractivity contribution in [2.24, 2.45) is 0 Å². The van der Waals surface area contributed by atoms with Gasteiger partial charge in [0.15, 0.2) is 17.0 Å². The molecule has 13 nitrogen and oxygen atoms in total. The molecule has 0 spiro atoms. The number of carboxylic acid groups (broad SMARTS) is 2. The second kappa shape index (κ2) is 9.89. The highest BCUT2D eigenvalue weighted by molar-refractivity contribution is 5.97. The number of aliphatic carboxylic acids is 2. The van der Waals surface area contributed by atoms with E-state index in [4.69, 9.17) is 21.7 Å². The van der Waals surface area contributed by atoms with E-state index in [-0.39, 0.29) is 47.1 Å². The van der Waals surface area contributed by atoms with Gasteiger partial charge < -0.3 is 31.9 Å². The molecule has 34 heavy (non-hydrogen) atoms. The van der Waals surface area contributed by atoms with Gasteiger partial charge in [-0.1, -0.05) is 0 Å². The number of carbonyl (C=O) groups is 3. The van der Waals surface area contributed by atoms with Crippen molar-refractivity contribution in [1.82, 2.24) is 25.3 Å². The van der Waals surface area contributed by atoms with Crippen molar-refractivity contribution in [2.45, 2.75) is 25.4 Å². The number of nitrogens with one attached hydrogen (secondary N) is 1. The lowest BCUT2D eigenvalue weighted by Crippen LogP contribution is -2.41. The van der Waals surface area contributed by atoms with Crippen LogP contribution in [0.4, 0.5) is 21.8 Å². The lowest BCUT2D eigenvalue weighted by molar-refractivity contribution is -0.140. The number of rotatable bonds is 9. The van der Waals surface area contributed by atoms with Crippen molar-refractivity contribution in [3.63, 3.8) is 0 Å². The Morgan fingerprint density at radius 2 is 1.91 bits per heavy atom. The van der Waals surface area contributed by atoms with Crippen LogP contribution in [0.3, 0.4) is 0 Å². The van der Waals surface area contributed by atoms with Crippen LogP contribution in [-0.4, -0.2) is 61.1 Å². The molecule has 7 N–H and O–H groups in total. The first-order valence-electron chi connectivity index (χ1n) is 9.86. The fourth-order valence-corrected chi connectivity index (χ4v) is 3.11. The molecule has 2 aromatic heterocycles. The van der Waals surface area contributed by atoms with Gasteiger partial charge >= 0.3 is 11.9 Å². The fourth-order valence-electron chi connectivity index (χ4n) is 3.11. The number of carbonyl (C=O) groups excluding carboxylic acids is 1. The number of halogens is 1. The minimum Gasteiger partial charge on any atom is -0.481 e. The summed E-state index contributed by atoms with van der Waals surface area (Å²) < 4.78 is 14.8.